The molecule has 1 fully saturated rings. The molecule has 1 aromatic heterocycles. The molecule has 1 aliphatic rings. The fourth-order valence-electron chi connectivity index (χ4n) is 1.85. The van der Waals surface area contributed by atoms with E-state index < -0.39 is 6.10 Å². The van der Waals surface area contributed by atoms with Gasteiger partial charge in [0.2, 0.25) is 0 Å². The summed E-state index contributed by atoms with van der Waals surface area (Å²) in [5.41, 5.74) is 0.426. The van der Waals surface area contributed by atoms with Gasteiger partial charge < -0.3 is 10.0 Å². The fourth-order valence-corrected chi connectivity index (χ4v) is 2.66. The lowest BCUT2D eigenvalue weighted by molar-refractivity contribution is 0.0477. The molecule has 0 saturated carbocycles. The minimum Gasteiger partial charge on any atom is -0.391 e. The van der Waals surface area contributed by atoms with Gasteiger partial charge in [-0.3, -0.25) is 4.79 Å². The van der Waals surface area contributed by atoms with Gasteiger partial charge in [-0.2, -0.15) is 5.26 Å². The number of β-amino-alcohol motifs (C(OH)–C–C–N with tert-alkyl or cyclic N) is 1. The smallest absolute Gasteiger partial charge is 0.265 e. The predicted octanol–water partition coefficient (Wildman–Crippen LogP) is 1.22. The second-order valence-electron chi connectivity index (χ2n) is 3.82. The van der Waals surface area contributed by atoms with E-state index in [1.54, 1.807) is 16.3 Å². The molecule has 0 aromatic carbocycles. The molecule has 0 spiro atoms. The van der Waals surface area contributed by atoms with Crippen LogP contribution in [0.25, 0.3) is 0 Å². The van der Waals surface area contributed by atoms with Crippen molar-refractivity contribution in [3.05, 3.63) is 21.9 Å². The Morgan fingerprint density at radius 3 is 3.19 bits per heavy atom. The zero-order valence-electron chi connectivity index (χ0n) is 8.72. The van der Waals surface area contributed by atoms with E-state index >= 15 is 0 Å². The van der Waals surface area contributed by atoms with Crippen LogP contribution in [-0.2, 0) is 0 Å². The van der Waals surface area contributed by atoms with E-state index in [0.29, 0.717) is 23.5 Å². The summed E-state index contributed by atoms with van der Waals surface area (Å²) in [4.78, 5) is 14.2. The summed E-state index contributed by atoms with van der Waals surface area (Å²) in [6.07, 6.45) is 1.14. The van der Waals surface area contributed by atoms with Crippen LogP contribution in [0.1, 0.15) is 28.1 Å². The maximum absolute atomic E-state index is 12.1. The normalized spacial score (nSPS) is 20.5. The van der Waals surface area contributed by atoms with Crippen molar-refractivity contribution < 1.29 is 9.90 Å². The van der Waals surface area contributed by atoms with E-state index in [2.05, 4.69) is 0 Å². The summed E-state index contributed by atoms with van der Waals surface area (Å²) >= 11 is 1.28. The molecule has 5 heteroatoms. The van der Waals surface area contributed by atoms with Gasteiger partial charge in [0.15, 0.2) is 0 Å². The molecule has 1 aliphatic heterocycles. The SMILES string of the molecule is N#Cc1ccsc1C(=O)N1CCCC(O)C1. The highest BCUT2D eigenvalue weighted by atomic mass is 32.1. The number of carbonyl (C=O) groups excluding carboxylic acids is 1. The molecule has 1 atom stereocenters. The number of aliphatic hydroxyl groups is 1. The van der Waals surface area contributed by atoms with E-state index in [9.17, 15) is 9.90 Å². The van der Waals surface area contributed by atoms with Crippen molar-refractivity contribution >= 4 is 17.2 Å². The number of hydrogen-bond donors (Lipinski definition) is 1. The Kier molecular flexibility index (Phi) is 3.22. The Morgan fingerprint density at radius 2 is 2.50 bits per heavy atom. The Labute approximate surface area is 97.7 Å². The third-order valence-corrected chi connectivity index (χ3v) is 3.57. The van der Waals surface area contributed by atoms with Crippen LogP contribution in [0.3, 0.4) is 0 Å². The monoisotopic (exact) mass is 236 g/mol. The summed E-state index contributed by atoms with van der Waals surface area (Å²) in [6, 6.07) is 3.66. The van der Waals surface area contributed by atoms with Crippen molar-refractivity contribution in [2.45, 2.75) is 18.9 Å². The highest BCUT2D eigenvalue weighted by Gasteiger charge is 2.25. The molecule has 16 heavy (non-hydrogen) atoms. The minimum absolute atomic E-state index is 0.134. The molecular weight excluding hydrogens is 224 g/mol. The molecule has 1 unspecified atom stereocenters. The number of nitriles is 1. The quantitative estimate of drug-likeness (QED) is 0.797. The largest absolute Gasteiger partial charge is 0.391 e. The van der Waals surface area contributed by atoms with Crippen molar-refractivity contribution in [3.8, 4) is 6.07 Å². The molecule has 0 aliphatic carbocycles. The number of nitrogens with zero attached hydrogens (tertiary/aromatic N) is 2. The van der Waals surface area contributed by atoms with Gasteiger partial charge in [-0.25, -0.2) is 0 Å². The molecule has 1 N–H and O–H groups in total. The molecule has 84 valence electrons. The fraction of sp³-hybridized carbons (Fsp3) is 0.455. The number of thiophene rings is 1. The topological polar surface area (TPSA) is 64.3 Å². The molecular formula is C11H12N2O2S. The second-order valence-corrected chi connectivity index (χ2v) is 4.74. The molecule has 4 nitrogen and oxygen atoms in total. The summed E-state index contributed by atoms with van der Waals surface area (Å²) in [5, 5.41) is 20.1. The lowest BCUT2D eigenvalue weighted by Crippen LogP contribution is -2.42. The molecule has 2 heterocycles. The molecule has 0 radical (unpaired) electrons. The van der Waals surface area contributed by atoms with Gasteiger partial charge in [0.25, 0.3) is 5.91 Å². The van der Waals surface area contributed by atoms with Crippen LogP contribution in [0, 0.1) is 11.3 Å². The van der Waals surface area contributed by atoms with Crippen LogP contribution < -0.4 is 0 Å². The first-order valence-corrected chi connectivity index (χ1v) is 6.05. The van der Waals surface area contributed by atoms with Crippen LogP contribution in [0.4, 0.5) is 0 Å². The third kappa shape index (κ3) is 2.08. The van der Waals surface area contributed by atoms with E-state index in [-0.39, 0.29) is 5.91 Å². The summed E-state index contributed by atoms with van der Waals surface area (Å²) < 4.78 is 0. The van der Waals surface area contributed by atoms with E-state index in [1.807, 2.05) is 6.07 Å². The van der Waals surface area contributed by atoms with Gasteiger partial charge in [-0.05, 0) is 24.3 Å². The molecule has 2 rings (SSSR count). The van der Waals surface area contributed by atoms with E-state index in [1.165, 1.54) is 11.3 Å². The van der Waals surface area contributed by atoms with Crippen LogP contribution in [0.5, 0.6) is 0 Å². The van der Waals surface area contributed by atoms with Crippen LogP contribution in [0.2, 0.25) is 0 Å². The van der Waals surface area contributed by atoms with Crippen LogP contribution in [-0.4, -0.2) is 35.1 Å². The zero-order valence-corrected chi connectivity index (χ0v) is 9.54. The van der Waals surface area contributed by atoms with Gasteiger partial charge in [0.05, 0.1) is 11.7 Å². The zero-order chi connectivity index (χ0) is 11.5. The van der Waals surface area contributed by atoms with E-state index in [0.717, 1.165) is 12.8 Å². The van der Waals surface area contributed by atoms with E-state index in [4.69, 9.17) is 5.26 Å². The Hall–Kier alpha value is -1.38. The first kappa shape index (κ1) is 11.1. The van der Waals surface area contributed by atoms with Crippen molar-refractivity contribution in [1.82, 2.24) is 4.90 Å². The Morgan fingerprint density at radius 1 is 1.69 bits per heavy atom. The second kappa shape index (κ2) is 4.64. The van der Waals surface area contributed by atoms with Crippen molar-refractivity contribution in [1.29, 1.82) is 5.26 Å². The summed E-state index contributed by atoms with van der Waals surface area (Å²) in [5.74, 6) is -0.134. The number of likely N-dealkylation sites (tertiary alicyclic amines) is 1. The summed E-state index contributed by atoms with van der Waals surface area (Å²) in [7, 11) is 0. The van der Waals surface area contributed by atoms with Gasteiger partial charge in [-0.1, -0.05) is 0 Å². The van der Waals surface area contributed by atoms with Crippen LogP contribution in [0.15, 0.2) is 11.4 Å². The number of rotatable bonds is 1. The first-order chi connectivity index (χ1) is 7.72. The average molecular weight is 236 g/mol. The maximum Gasteiger partial charge on any atom is 0.265 e. The maximum atomic E-state index is 12.1. The lowest BCUT2D eigenvalue weighted by atomic mass is 10.1. The number of hydrogen-bond acceptors (Lipinski definition) is 4. The van der Waals surface area contributed by atoms with Crippen molar-refractivity contribution in [2.24, 2.45) is 0 Å². The molecule has 0 bridgehead atoms. The Balaban J connectivity index is 2.16. The van der Waals surface area contributed by atoms with Crippen LogP contribution >= 0.6 is 11.3 Å². The summed E-state index contributed by atoms with van der Waals surface area (Å²) in [6.45, 7) is 1.04. The predicted molar refractivity (Wildman–Crippen MR) is 60.2 cm³/mol. The third-order valence-electron chi connectivity index (χ3n) is 2.66. The van der Waals surface area contributed by atoms with Gasteiger partial charge >= 0.3 is 0 Å². The average Bonchev–Trinajstić information content (AvgIpc) is 2.76. The number of amides is 1. The standard InChI is InChI=1S/C11H12N2O2S/c12-6-8-3-5-16-10(8)11(15)13-4-1-2-9(14)7-13/h3,5,9,14H,1-2,4,7H2. The highest BCUT2D eigenvalue weighted by Crippen LogP contribution is 2.20. The van der Waals surface area contributed by atoms with Crippen molar-refractivity contribution in [3.63, 3.8) is 0 Å². The van der Waals surface area contributed by atoms with Gasteiger partial charge in [0, 0.05) is 13.1 Å². The number of aliphatic hydroxyl groups excluding tert-OH is 1. The number of carbonyl (C=O) groups is 1. The molecule has 1 saturated heterocycles. The van der Waals surface area contributed by atoms with Gasteiger partial charge in [-0.15, -0.1) is 11.3 Å². The highest BCUT2D eigenvalue weighted by molar-refractivity contribution is 7.12. The first-order valence-electron chi connectivity index (χ1n) is 5.17. The lowest BCUT2D eigenvalue weighted by Gasteiger charge is -2.29. The van der Waals surface area contributed by atoms with Crippen molar-refractivity contribution in [2.75, 3.05) is 13.1 Å². The number of piperidine rings is 1. The Bertz CT molecular complexity index is 435. The molecule has 1 amide bonds. The minimum atomic E-state index is -0.428. The molecule has 1 aromatic rings. The van der Waals surface area contributed by atoms with Gasteiger partial charge in [0.1, 0.15) is 10.9 Å².